The van der Waals surface area contributed by atoms with Gasteiger partial charge in [0.1, 0.15) is 6.54 Å². The molecule has 0 N–H and O–H groups in total. The number of anilines is 1. The van der Waals surface area contributed by atoms with Crippen LogP contribution in [-0.2, 0) is 11.3 Å². The van der Waals surface area contributed by atoms with Crippen molar-refractivity contribution >= 4 is 22.6 Å². The highest BCUT2D eigenvalue weighted by Gasteiger charge is 2.14. The molecule has 0 unspecified atom stereocenters. The summed E-state index contributed by atoms with van der Waals surface area (Å²) in [6, 6.07) is 11.2. The molecule has 22 heavy (non-hydrogen) atoms. The minimum absolute atomic E-state index is 0.00698. The van der Waals surface area contributed by atoms with Gasteiger partial charge in [-0.15, -0.1) is 0 Å². The van der Waals surface area contributed by atoms with Crippen molar-refractivity contribution in [1.82, 2.24) is 9.55 Å². The van der Waals surface area contributed by atoms with Gasteiger partial charge in [-0.05, 0) is 12.1 Å². The van der Waals surface area contributed by atoms with Crippen LogP contribution in [0.5, 0.6) is 0 Å². The number of fused-ring (bicyclic) bond motifs is 1. The van der Waals surface area contributed by atoms with Gasteiger partial charge < -0.3 is 9.47 Å². The maximum atomic E-state index is 13.4. The number of para-hydroxylation sites is 1. The highest BCUT2D eigenvalue weighted by atomic mass is 19.2. The quantitative estimate of drug-likeness (QED) is 0.746. The molecular formula is C16H13F2N3O. The maximum absolute atomic E-state index is 13.4. The molecule has 0 radical (unpaired) electrons. The van der Waals surface area contributed by atoms with Gasteiger partial charge in [0.15, 0.2) is 11.6 Å². The van der Waals surface area contributed by atoms with Gasteiger partial charge in [0, 0.05) is 24.9 Å². The van der Waals surface area contributed by atoms with E-state index >= 15 is 0 Å². The van der Waals surface area contributed by atoms with E-state index in [-0.39, 0.29) is 12.5 Å². The summed E-state index contributed by atoms with van der Waals surface area (Å²) < 4.78 is 28.0. The number of likely N-dealkylation sites (N-methyl/N-ethyl adjacent to an activating group) is 1. The molecule has 0 aliphatic rings. The Morgan fingerprint density at radius 3 is 2.59 bits per heavy atom. The van der Waals surface area contributed by atoms with Crippen LogP contribution < -0.4 is 4.90 Å². The van der Waals surface area contributed by atoms with Gasteiger partial charge >= 0.3 is 0 Å². The molecule has 3 aromatic rings. The van der Waals surface area contributed by atoms with E-state index in [4.69, 9.17) is 0 Å². The molecule has 0 saturated carbocycles. The van der Waals surface area contributed by atoms with Gasteiger partial charge in [0.2, 0.25) is 5.91 Å². The monoisotopic (exact) mass is 301 g/mol. The Morgan fingerprint density at radius 1 is 1.18 bits per heavy atom. The van der Waals surface area contributed by atoms with Gasteiger partial charge in [0.25, 0.3) is 0 Å². The van der Waals surface area contributed by atoms with Gasteiger partial charge in [0.05, 0.1) is 17.4 Å². The van der Waals surface area contributed by atoms with Crippen LogP contribution in [0.2, 0.25) is 0 Å². The van der Waals surface area contributed by atoms with Crippen LogP contribution in [0.15, 0.2) is 48.8 Å². The second kappa shape index (κ2) is 5.55. The van der Waals surface area contributed by atoms with E-state index in [2.05, 4.69) is 4.98 Å². The number of nitrogens with zero attached hydrogens (tertiary/aromatic N) is 3. The summed E-state index contributed by atoms with van der Waals surface area (Å²) in [5.74, 6) is -2.10. The van der Waals surface area contributed by atoms with Crippen LogP contribution in [0.25, 0.3) is 11.0 Å². The summed E-state index contributed by atoms with van der Waals surface area (Å²) in [4.78, 5) is 17.8. The molecule has 0 bridgehead atoms. The van der Waals surface area contributed by atoms with Crippen LogP contribution >= 0.6 is 0 Å². The van der Waals surface area contributed by atoms with Crippen molar-refractivity contribution in [1.29, 1.82) is 0 Å². The molecule has 112 valence electrons. The highest BCUT2D eigenvalue weighted by Crippen LogP contribution is 2.18. The van der Waals surface area contributed by atoms with Crippen molar-refractivity contribution in [3.8, 4) is 0 Å². The summed E-state index contributed by atoms with van der Waals surface area (Å²) >= 11 is 0. The number of benzene rings is 2. The standard InChI is InChI=1S/C16H13F2N3O/c1-20(11-5-3-2-4-6-11)16(22)9-21-10-19-14-7-12(17)13(18)8-15(14)21/h2-8,10H,9H2,1H3. The Bertz CT molecular complexity index is 830. The smallest absolute Gasteiger partial charge is 0.246 e. The largest absolute Gasteiger partial charge is 0.321 e. The van der Waals surface area contributed by atoms with Crippen molar-refractivity contribution in [2.24, 2.45) is 0 Å². The fourth-order valence-electron chi connectivity index (χ4n) is 2.23. The molecule has 0 spiro atoms. The average Bonchev–Trinajstić information content (AvgIpc) is 2.90. The molecule has 2 aromatic carbocycles. The van der Waals surface area contributed by atoms with Crippen LogP contribution in [0.1, 0.15) is 0 Å². The zero-order valence-corrected chi connectivity index (χ0v) is 11.8. The van der Waals surface area contributed by atoms with Crippen LogP contribution in [0.3, 0.4) is 0 Å². The zero-order valence-electron chi connectivity index (χ0n) is 11.8. The van der Waals surface area contributed by atoms with Crippen LogP contribution in [-0.4, -0.2) is 22.5 Å². The van der Waals surface area contributed by atoms with Crippen molar-refractivity contribution in [3.05, 3.63) is 60.4 Å². The molecule has 1 amide bonds. The zero-order chi connectivity index (χ0) is 15.7. The summed E-state index contributed by atoms with van der Waals surface area (Å²) in [6.45, 7) is -0.00698. The second-order valence-corrected chi connectivity index (χ2v) is 4.92. The minimum Gasteiger partial charge on any atom is -0.321 e. The number of rotatable bonds is 3. The molecule has 1 aromatic heterocycles. The Hall–Kier alpha value is -2.76. The number of halogens is 2. The predicted molar refractivity (Wildman–Crippen MR) is 79.5 cm³/mol. The van der Waals surface area contributed by atoms with Crippen molar-refractivity contribution in [3.63, 3.8) is 0 Å². The SMILES string of the molecule is CN(C(=O)Cn1cnc2cc(F)c(F)cc21)c1ccccc1. The Balaban J connectivity index is 1.87. The molecule has 6 heteroatoms. The van der Waals surface area contributed by atoms with Crippen molar-refractivity contribution < 1.29 is 13.6 Å². The number of carbonyl (C=O) groups is 1. The molecule has 0 fully saturated rings. The van der Waals surface area contributed by atoms with Crippen molar-refractivity contribution in [2.75, 3.05) is 11.9 Å². The van der Waals surface area contributed by atoms with Gasteiger partial charge in [-0.25, -0.2) is 13.8 Å². The summed E-state index contributed by atoms with van der Waals surface area (Å²) in [5.41, 5.74) is 1.46. The number of aromatic nitrogens is 2. The average molecular weight is 301 g/mol. The lowest BCUT2D eigenvalue weighted by Gasteiger charge is -2.17. The normalized spacial score (nSPS) is 10.9. The number of hydrogen-bond acceptors (Lipinski definition) is 2. The second-order valence-electron chi connectivity index (χ2n) is 4.92. The number of amides is 1. The lowest BCUT2D eigenvalue weighted by atomic mass is 10.3. The molecule has 0 atom stereocenters. The number of imidazole rings is 1. The summed E-state index contributed by atoms with van der Waals surface area (Å²) in [5, 5.41) is 0. The predicted octanol–water partition coefficient (Wildman–Crippen LogP) is 2.98. The fourth-order valence-corrected chi connectivity index (χ4v) is 2.23. The Kier molecular flexibility index (Phi) is 3.58. The fraction of sp³-hybridized carbons (Fsp3) is 0.125. The van der Waals surface area contributed by atoms with Crippen LogP contribution in [0.4, 0.5) is 14.5 Å². The topological polar surface area (TPSA) is 38.1 Å². The first-order valence-electron chi connectivity index (χ1n) is 6.68. The third kappa shape index (κ3) is 2.55. The molecule has 0 aliphatic carbocycles. The first kappa shape index (κ1) is 14.2. The highest BCUT2D eigenvalue weighted by molar-refractivity contribution is 5.93. The number of carbonyl (C=O) groups excluding carboxylic acids is 1. The first-order chi connectivity index (χ1) is 10.6. The van der Waals surface area contributed by atoms with E-state index in [1.54, 1.807) is 7.05 Å². The van der Waals surface area contributed by atoms with E-state index in [1.807, 2.05) is 30.3 Å². The van der Waals surface area contributed by atoms with E-state index < -0.39 is 11.6 Å². The summed E-state index contributed by atoms with van der Waals surface area (Å²) in [6.07, 6.45) is 1.40. The summed E-state index contributed by atoms with van der Waals surface area (Å²) in [7, 11) is 1.66. The minimum atomic E-state index is -0.960. The van der Waals surface area contributed by atoms with E-state index in [0.29, 0.717) is 11.0 Å². The maximum Gasteiger partial charge on any atom is 0.246 e. The Labute approximate surface area is 125 Å². The molecule has 1 heterocycles. The number of hydrogen-bond donors (Lipinski definition) is 0. The molecule has 4 nitrogen and oxygen atoms in total. The third-order valence-corrected chi connectivity index (χ3v) is 3.49. The molecule has 3 rings (SSSR count). The van der Waals surface area contributed by atoms with E-state index in [0.717, 1.165) is 17.8 Å². The van der Waals surface area contributed by atoms with Gasteiger partial charge in [-0.3, -0.25) is 4.79 Å². The lowest BCUT2D eigenvalue weighted by molar-refractivity contribution is -0.118. The first-order valence-corrected chi connectivity index (χ1v) is 6.68. The Morgan fingerprint density at radius 2 is 1.86 bits per heavy atom. The van der Waals surface area contributed by atoms with Gasteiger partial charge in [-0.2, -0.15) is 0 Å². The lowest BCUT2D eigenvalue weighted by Crippen LogP contribution is -2.29. The van der Waals surface area contributed by atoms with E-state index in [9.17, 15) is 13.6 Å². The molecule has 0 aliphatic heterocycles. The molecule has 0 saturated heterocycles. The van der Waals surface area contributed by atoms with Crippen LogP contribution in [0, 0.1) is 11.6 Å². The molecular weight excluding hydrogens is 288 g/mol. The van der Waals surface area contributed by atoms with Crippen molar-refractivity contribution in [2.45, 2.75) is 6.54 Å². The van der Waals surface area contributed by atoms with Gasteiger partial charge in [-0.1, -0.05) is 18.2 Å². The van der Waals surface area contributed by atoms with E-state index in [1.165, 1.54) is 15.8 Å². The third-order valence-electron chi connectivity index (χ3n) is 3.49.